The molecule has 0 spiro atoms. The van der Waals surface area contributed by atoms with E-state index in [-0.39, 0.29) is 18.9 Å². The smallest absolute Gasteiger partial charge is 0.310 e. The number of carbonyl (C=O) groups is 2. The van der Waals surface area contributed by atoms with Crippen LogP contribution in [0.5, 0.6) is 0 Å². The number of fused-ring (bicyclic) bond motifs is 4. The Morgan fingerprint density at radius 2 is 2.03 bits per heavy atom. The Hall–Kier alpha value is -3.12. The Kier molecular flexibility index (Phi) is 4.56. The number of ether oxygens (including phenoxy) is 1. The normalized spacial score (nSPS) is 13.6. The molecular weight excluding hydrogens is 386 g/mol. The fourth-order valence-electron chi connectivity index (χ4n) is 3.91. The average Bonchev–Trinajstić information content (AvgIpc) is 3.38. The molecule has 0 radical (unpaired) electrons. The van der Waals surface area contributed by atoms with E-state index in [4.69, 9.17) is 9.15 Å². The van der Waals surface area contributed by atoms with Crippen molar-refractivity contribution < 1.29 is 18.7 Å². The average molecular weight is 405 g/mol. The lowest BCUT2D eigenvalue weighted by molar-refractivity contribution is -0.151. The lowest BCUT2D eigenvalue weighted by atomic mass is 10.0. The monoisotopic (exact) mass is 405 g/mol. The Bertz CT molecular complexity index is 1220. The van der Waals surface area contributed by atoms with Crippen LogP contribution in [0, 0.1) is 0 Å². The number of amides is 1. The highest BCUT2D eigenvalue weighted by Gasteiger charge is 2.22. The predicted molar refractivity (Wildman–Crippen MR) is 112 cm³/mol. The second-order valence-electron chi connectivity index (χ2n) is 7.19. The number of furan rings is 1. The fourth-order valence-corrected chi connectivity index (χ4v) is 4.80. The molecule has 1 aliphatic heterocycles. The maximum absolute atomic E-state index is 12.5. The van der Waals surface area contributed by atoms with Crippen molar-refractivity contribution in [2.24, 2.45) is 0 Å². The van der Waals surface area contributed by atoms with Gasteiger partial charge in [0, 0.05) is 28.9 Å². The van der Waals surface area contributed by atoms with Crippen molar-refractivity contribution in [3.05, 3.63) is 70.1 Å². The van der Waals surface area contributed by atoms with Crippen LogP contribution in [-0.4, -0.2) is 29.9 Å². The molecule has 0 fully saturated rings. The molecule has 1 amide bonds. The topological polar surface area (TPSA) is 59.8 Å². The first-order chi connectivity index (χ1) is 14.2. The van der Waals surface area contributed by atoms with Gasteiger partial charge in [0.25, 0.3) is 5.91 Å². The number of thiophene rings is 1. The second-order valence-corrected chi connectivity index (χ2v) is 8.19. The summed E-state index contributed by atoms with van der Waals surface area (Å²) < 4.78 is 10.9. The Labute approximate surface area is 171 Å². The molecule has 2 aromatic carbocycles. The highest BCUT2D eigenvalue weighted by atomic mass is 32.1. The molecule has 0 saturated heterocycles. The molecule has 3 heterocycles. The molecule has 1 aliphatic rings. The summed E-state index contributed by atoms with van der Waals surface area (Å²) in [7, 11) is 0. The minimum Gasteiger partial charge on any atom is -0.464 e. The second kappa shape index (κ2) is 7.37. The highest BCUT2D eigenvalue weighted by Crippen LogP contribution is 2.30. The summed E-state index contributed by atoms with van der Waals surface area (Å²) in [5.74, 6) is -0.583. The molecule has 0 saturated carbocycles. The Balaban J connectivity index is 1.26. The van der Waals surface area contributed by atoms with Gasteiger partial charge in [0.05, 0.1) is 12.7 Å². The van der Waals surface area contributed by atoms with Gasteiger partial charge in [0.1, 0.15) is 5.58 Å². The number of benzene rings is 2. The van der Waals surface area contributed by atoms with E-state index in [1.54, 1.807) is 22.5 Å². The standard InChI is InChI=1S/C23H19NO4S/c25-21(24-9-7-20-16(12-24)8-10-29-20)14-28-22(26)11-17-13-27-19-6-5-15-3-1-2-4-18(15)23(17)19/h1-6,8,10,13H,7,9,11-12,14H2. The van der Waals surface area contributed by atoms with Gasteiger partial charge in [-0.05, 0) is 40.3 Å². The first-order valence-electron chi connectivity index (χ1n) is 9.55. The predicted octanol–water partition coefficient (Wildman–Crippen LogP) is 4.32. The molecular formula is C23H19NO4S. The summed E-state index contributed by atoms with van der Waals surface area (Å²) >= 11 is 1.73. The van der Waals surface area contributed by atoms with Gasteiger partial charge in [0.15, 0.2) is 6.61 Å². The molecule has 0 unspecified atom stereocenters. The number of carbonyl (C=O) groups excluding carboxylic acids is 2. The van der Waals surface area contributed by atoms with E-state index < -0.39 is 5.97 Å². The molecule has 6 heteroatoms. The summed E-state index contributed by atoms with van der Waals surface area (Å²) in [4.78, 5) is 28.0. The van der Waals surface area contributed by atoms with E-state index in [1.807, 2.05) is 36.4 Å². The zero-order valence-corrected chi connectivity index (χ0v) is 16.5. The van der Waals surface area contributed by atoms with Crippen molar-refractivity contribution in [3.8, 4) is 0 Å². The number of hydrogen-bond donors (Lipinski definition) is 0. The zero-order valence-electron chi connectivity index (χ0n) is 15.7. The quantitative estimate of drug-likeness (QED) is 0.475. The van der Waals surface area contributed by atoms with E-state index in [2.05, 4.69) is 11.4 Å². The summed E-state index contributed by atoms with van der Waals surface area (Å²) in [5, 5.41) is 5.10. The number of nitrogens with zero attached hydrogens (tertiary/aromatic N) is 1. The molecule has 5 rings (SSSR count). The Morgan fingerprint density at radius 3 is 2.97 bits per heavy atom. The molecule has 29 heavy (non-hydrogen) atoms. The summed E-state index contributed by atoms with van der Waals surface area (Å²) in [6.45, 7) is 1.03. The van der Waals surface area contributed by atoms with Crippen molar-refractivity contribution in [1.29, 1.82) is 0 Å². The van der Waals surface area contributed by atoms with Crippen LogP contribution in [0.1, 0.15) is 16.0 Å². The van der Waals surface area contributed by atoms with Gasteiger partial charge in [0.2, 0.25) is 0 Å². The van der Waals surface area contributed by atoms with Crippen molar-refractivity contribution in [1.82, 2.24) is 4.90 Å². The van der Waals surface area contributed by atoms with E-state index >= 15 is 0 Å². The van der Waals surface area contributed by atoms with E-state index in [1.165, 1.54) is 10.4 Å². The van der Waals surface area contributed by atoms with E-state index in [0.717, 1.165) is 33.7 Å². The van der Waals surface area contributed by atoms with Crippen LogP contribution in [-0.2, 0) is 33.7 Å². The van der Waals surface area contributed by atoms with Gasteiger partial charge in [-0.2, -0.15) is 0 Å². The van der Waals surface area contributed by atoms with E-state index in [9.17, 15) is 9.59 Å². The molecule has 5 nitrogen and oxygen atoms in total. The van der Waals surface area contributed by atoms with Gasteiger partial charge in [-0.1, -0.05) is 30.3 Å². The first-order valence-corrected chi connectivity index (χ1v) is 10.4. The van der Waals surface area contributed by atoms with Crippen molar-refractivity contribution in [2.75, 3.05) is 13.2 Å². The van der Waals surface area contributed by atoms with Gasteiger partial charge < -0.3 is 14.1 Å². The van der Waals surface area contributed by atoms with Crippen LogP contribution >= 0.6 is 11.3 Å². The maximum Gasteiger partial charge on any atom is 0.310 e. The number of hydrogen-bond acceptors (Lipinski definition) is 5. The fraction of sp³-hybridized carbons (Fsp3) is 0.217. The molecule has 2 aromatic heterocycles. The highest BCUT2D eigenvalue weighted by molar-refractivity contribution is 7.10. The maximum atomic E-state index is 12.5. The minimum absolute atomic E-state index is 0.0724. The van der Waals surface area contributed by atoms with Crippen molar-refractivity contribution in [2.45, 2.75) is 19.4 Å². The molecule has 146 valence electrons. The largest absolute Gasteiger partial charge is 0.464 e. The SMILES string of the molecule is O=C(Cc1coc2ccc3ccccc3c12)OCC(=O)N1CCc2sccc2C1. The van der Waals surface area contributed by atoms with Crippen LogP contribution < -0.4 is 0 Å². The third-order valence-electron chi connectivity index (χ3n) is 5.39. The van der Waals surface area contributed by atoms with Crippen LogP contribution in [0.15, 0.2) is 58.5 Å². The summed E-state index contributed by atoms with van der Waals surface area (Å²) in [6, 6.07) is 13.9. The summed E-state index contributed by atoms with van der Waals surface area (Å²) in [5.41, 5.74) is 2.70. The molecule has 0 aliphatic carbocycles. The molecule has 0 N–H and O–H groups in total. The third-order valence-corrected chi connectivity index (χ3v) is 6.41. The lowest BCUT2D eigenvalue weighted by Gasteiger charge is -2.26. The van der Waals surface area contributed by atoms with Crippen LogP contribution in [0.2, 0.25) is 0 Å². The van der Waals surface area contributed by atoms with Crippen LogP contribution in [0.4, 0.5) is 0 Å². The van der Waals surface area contributed by atoms with Crippen molar-refractivity contribution >= 4 is 45.0 Å². The van der Waals surface area contributed by atoms with Crippen LogP contribution in [0.3, 0.4) is 0 Å². The number of esters is 1. The minimum atomic E-state index is -0.429. The summed E-state index contributed by atoms with van der Waals surface area (Å²) in [6.07, 6.45) is 2.53. The molecule has 0 atom stereocenters. The third kappa shape index (κ3) is 3.40. The van der Waals surface area contributed by atoms with Crippen LogP contribution in [0.25, 0.3) is 21.7 Å². The van der Waals surface area contributed by atoms with Gasteiger partial charge >= 0.3 is 5.97 Å². The van der Waals surface area contributed by atoms with Gasteiger partial charge in [-0.15, -0.1) is 11.3 Å². The zero-order chi connectivity index (χ0) is 19.8. The number of rotatable bonds is 4. The van der Waals surface area contributed by atoms with Gasteiger partial charge in [-0.25, -0.2) is 0 Å². The van der Waals surface area contributed by atoms with E-state index in [0.29, 0.717) is 13.1 Å². The van der Waals surface area contributed by atoms with Crippen molar-refractivity contribution in [3.63, 3.8) is 0 Å². The molecule has 4 aromatic rings. The Morgan fingerprint density at radius 1 is 1.14 bits per heavy atom. The molecule has 0 bridgehead atoms. The van der Waals surface area contributed by atoms with Gasteiger partial charge in [-0.3, -0.25) is 9.59 Å². The first kappa shape index (κ1) is 17.9. The lowest BCUT2D eigenvalue weighted by Crippen LogP contribution is -2.38.